The minimum Gasteiger partial charge on any atom is -0.368 e. The minimum absolute atomic E-state index is 0.292. The fraction of sp³-hybridized carbons (Fsp3) is 0. The van der Waals surface area contributed by atoms with E-state index in [1.54, 1.807) is 4.52 Å². The average molecular weight is 361 g/mol. The first kappa shape index (κ1) is 16.0. The van der Waals surface area contributed by atoms with Gasteiger partial charge < -0.3 is 5.73 Å². The minimum atomic E-state index is 0.292. The van der Waals surface area contributed by atoms with E-state index < -0.39 is 0 Å². The number of hydrogen-bond acceptors (Lipinski definition) is 4. The Bertz CT molecular complexity index is 1380. The molecule has 2 heterocycles. The van der Waals surface area contributed by atoms with Crippen molar-refractivity contribution in [2.75, 3.05) is 5.73 Å². The molecule has 0 amide bonds. The number of benzene rings is 3. The van der Waals surface area contributed by atoms with Crippen molar-refractivity contribution in [3.63, 3.8) is 0 Å². The van der Waals surface area contributed by atoms with Gasteiger partial charge in [-0.3, -0.25) is 0 Å². The maximum atomic E-state index is 9.77. The molecule has 0 aliphatic heterocycles. The molecule has 5 heteroatoms. The maximum Gasteiger partial charge on any atom is 0.222 e. The highest BCUT2D eigenvalue weighted by atomic mass is 15.3. The van der Waals surface area contributed by atoms with Crippen molar-refractivity contribution >= 4 is 22.2 Å². The van der Waals surface area contributed by atoms with E-state index in [-0.39, 0.29) is 0 Å². The molecule has 132 valence electrons. The fourth-order valence-corrected chi connectivity index (χ4v) is 3.48. The highest BCUT2D eigenvalue weighted by Gasteiger charge is 2.17. The van der Waals surface area contributed by atoms with Crippen molar-refractivity contribution in [2.24, 2.45) is 0 Å². The summed E-state index contributed by atoms with van der Waals surface area (Å²) in [6.45, 7) is 0. The molecule has 0 radical (unpaired) electrons. The normalized spacial score (nSPS) is 11.0. The van der Waals surface area contributed by atoms with Gasteiger partial charge in [0.15, 0.2) is 0 Å². The number of hydrogen-bond donors (Lipinski definition) is 1. The van der Waals surface area contributed by atoms with Gasteiger partial charge in [-0.15, -0.1) is 0 Å². The Morgan fingerprint density at radius 2 is 1.54 bits per heavy atom. The lowest BCUT2D eigenvalue weighted by Crippen LogP contribution is -2.02. The van der Waals surface area contributed by atoms with Crippen molar-refractivity contribution in [1.82, 2.24) is 14.6 Å². The van der Waals surface area contributed by atoms with E-state index >= 15 is 0 Å². The molecule has 0 saturated heterocycles. The second-order valence-corrected chi connectivity index (χ2v) is 6.56. The van der Waals surface area contributed by atoms with E-state index in [9.17, 15) is 5.26 Å². The first-order valence-electron chi connectivity index (χ1n) is 8.88. The summed E-state index contributed by atoms with van der Waals surface area (Å²) >= 11 is 0. The molecule has 2 N–H and O–H groups in total. The molecule has 5 nitrogen and oxygen atoms in total. The number of nitriles is 1. The van der Waals surface area contributed by atoms with Gasteiger partial charge in [-0.1, -0.05) is 66.7 Å². The van der Waals surface area contributed by atoms with Gasteiger partial charge in [0.25, 0.3) is 0 Å². The van der Waals surface area contributed by atoms with Crippen LogP contribution in [0.25, 0.3) is 38.8 Å². The van der Waals surface area contributed by atoms with Gasteiger partial charge in [0.2, 0.25) is 5.95 Å². The van der Waals surface area contributed by atoms with Crippen LogP contribution in [0.15, 0.2) is 78.9 Å². The smallest absolute Gasteiger partial charge is 0.222 e. The van der Waals surface area contributed by atoms with Gasteiger partial charge in [-0.25, -0.2) is 4.98 Å². The van der Waals surface area contributed by atoms with E-state index in [2.05, 4.69) is 22.2 Å². The van der Waals surface area contributed by atoms with Gasteiger partial charge in [-0.2, -0.15) is 14.9 Å². The molecule has 0 unspecified atom stereocenters. The molecule has 0 atom stereocenters. The highest BCUT2D eigenvalue weighted by molar-refractivity contribution is 5.88. The number of imidazole rings is 1. The van der Waals surface area contributed by atoms with E-state index in [0.29, 0.717) is 28.4 Å². The Hall–Kier alpha value is -4.17. The third-order valence-electron chi connectivity index (χ3n) is 4.84. The second kappa shape index (κ2) is 6.22. The average Bonchev–Trinajstić information content (AvgIpc) is 3.08. The zero-order valence-corrected chi connectivity index (χ0v) is 14.9. The van der Waals surface area contributed by atoms with Gasteiger partial charge in [0.1, 0.15) is 17.5 Å². The lowest BCUT2D eigenvalue weighted by atomic mass is 10.0. The fourth-order valence-electron chi connectivity index (χ4n) is 3.48. The van der Waals surface area contributed by atoms with E-state index in [1.165, 1.54) is 0 Å². The molecule has 0 bridgehead atoms. The number of nitrogens with two attached hydrogens (primary N) is 1. The molecule has 5 aromatic rings. The van der Waals surface area contributed by atoms with Gasteiger partial charge in [0, 0.05) is 11.1 Å². The summed E-state index contributed by atoms with van der Waals surface area (Å²) in [4.78, 5) is 4.49. The lowest BCUT2D eigenvalue weighted by Gasteiger charge is -2.07. The van der Waals surface area contributed by atoms with Crippen LogP contribution in [0.4, 0.5) is 5.95 Å². The molecule has 28 heavy (non-hydrogen) atoms. The maximum absolute atomic E-state index is 9.77. The molecule has 0 saturated carbocycles. The van der Waals surface area contributed by atoms with Crippen molar-refractivity contribution in [3.05, 3.63) is 84.4 Å². The summed E-state index contributed by atoms with van der Waals surface area (Å²) < 4.78 is 1.60. The molecule has 2 aromatic heterocycles. The number of nitrogen functional groups attached to an aromatic ring is 1. The summed E-state index contributed by atoms with van der Waals surface area (Å²) in [6.07, 6.45) is 0. The number of anilines is 1. The molecular formula is C23H15N5. The monoisotopic (exact) mass is 361 g/mol. The largest absolute Gasteiger partial charge is 0.368 e. The van der Waals surface area contributed by atoms with E-state index in [0.717, 1.165) is 21.9 Å². The number of rotatable bonds is 2. The quantitative estimate of drug-likeness (QED) is 0.495. The number of fused-ring (bicyclic) bond motifs is 2. The standard InChI is InChI=1S/C23H15N5/c24-14-19-13-20-22(16-7-2-1-3-8-16)26-23(25)28(20)27-21(19)18-11-10-15-6-4-5-9-17(15)12-18/h1-13H,(H2,25,26). The van der Waals surface area contributed by atoms with Gasteiger partial charge in [-0.05, 0) is 22.9 Å². The Kier molecular flexibility index (Phi) is 3.56. The second-order valence-electron chi connectivity index (χ2n) is 6.56. The first-order chi connectivity index (χ1) is 13.7. The number of aromatic nitrogens is 3. The lowest BCUT2D eigenvalue weighted by molar-refractivity contribution is 0.943. The number of nitrogens with zero attached hydrogens (tertiary/aromatic N) is 4. The van der Waals surface area contributed by atoms with Crippen LogP contribution in [0.2, 0.25) is 0 Å². The van der Waals surface area contributed by atoms with Crippen molar-refractivity contribution < 1.29 is 0 Å². The van der Waals surface area contributed by atoms with Crippen LogP contribution in [-0.2, 0) is 0 Å². The summed E-state index contributed by atoms with van der Waals surface area (Å²) in [5, 5.41) is 16.7. The van der Waals surface area contributed by atoms with Crippen LogP contribution in [0.3, 0.4) is 0 Å². The Morgan fingerprint density at radius 1 is 0.786 bits per heavy atom. The van der Waals surface area contributed by atoms with Crippen LogP contribution < -0.4 is 5.73 Å². The Labute approximate surface area is 161 Å². The van der Waals surface area contributed by atoms with Crippen molar-refractivity contribution in [2.45, 2.75) is 0 Å². The molecule has 3 aromatic carbocycles. The van der Waals surface area contributed by atoms with Crippen LogP contribution in [0, 0.1) is 11.3 Å². The zero-order valence-electron chi connectivity index (χ0n) is 14.9. The highest BCUT2D eigenvalue weighted by Crippen LogP contribution is 2.30. The third-order valence-corrected chi connectivity index (χ3v) is 4.84. The van der Waals surface area contributed by atoms with E-state index in [1.807, 2.05) is 72.8 Å². The Balaban J connectivity index is 1.76. The van der Waals surface area contributed by atoms with Crippen LogP contribution in [0.5, 0.6) is 0 Å². The summed E-state index contributed by atoms with van der Waals surface area (Å²) in [7, 11) is 0. The van der Waals surface area contributed by atoms with Crippen LogP contribution in [0.1, 0.15) is 5.56 Å². The predicted octanol–water partition coefficient (Wildman–Crippen LogP) is 4.67. The molecular weight excluding hydrogens is 346 g/mol. The summed E-state index contributed by atoms with van der Waals surface area (Å²) in [5.74, 6) is 0.292. The van der Waals surface area contributed by atoms with Gasteiger partial charge >= 0.3 is 0 Å². The van der Waals surface area contributed by atoms with Crippen molar-refractivity contribution in [3.8, 4) is 28.6 Å². The predicted molar refractivity (Wildman–Crippen MR) is 110 cm³/mol. The van der Waals surface area contributed by atoms with Crippen LogP contribution >= 0.6 is 0 Å². The Morgan fingerprint density at radius 3 is 2.32 bits per heavy atom. The molecule has 5 rings (SSSR count). The molecule has 0 spiro atoms. The van der Waals surface area contributed by atoms with E-state index in [4.69, 9.17) is 5.73 Å². The third kappa shape index (κ3) is 2.48. The van der Waals surface area contributed by atoms with Gasteiger partial charge in [0.05, 0.1) is 11.1 Å². The SMILES string of the molecule is N#Cc1cc2c(-c3ccccc3)nc(N)n2nc1-c1ccc2ccccc2c1. The summed E-state index contributed by atoms with van der Waals surface area (Å²) in [5.41, 5.74) is 10.4. The van der Waals surface area contributed by atoms with Crippen LogP contribution in [-0.4, -0.2) is 14.6 Å². The molecule has 0 aliphatic rings. The summed E-state index contributed by atoms with van der Waals surface area (Å²) in [6, 6.07) is 28.0. The first-order valence-corrected chi connectivity index (χ1v) is 8.88. The van der Waals surface area contributed by atoms with Crippen molar-refractivity contribution in [1.29, 1.82) is 5.26 Å². The topological polar surface area (TPSA) is 80.0 Å². The zero-order chi connectivity index (χ0) is 19.1. The molecule has 0 aliphatic carbocycles. The molecule has 0 fully saturated rings.